The Hall–Kier alpha value is -3.55. The largest absolute Gasteiger partial charge is 0.504 e. The van der Waals surface area contributed by atoms with Gasteiger partial charge in [-0.15, -0.1) is 0 Å². The van der Waals surface area contributed by atoms with Crippen LogP contribution in [0.15, 0.2) is 42.5 Å². The van der Waals surface area contributed by atoms with Crippen molar-refractivity contribution in [3.05, 3.63) is 53.6 Å². The Morgan fingerprint density at radius 1 is 0.809 bits per heavy atom. The van der Waals surface area contributed by atoms with Crippen LogP contribution in [-0.2, 0) is 34.9 Å². The van der Waals surface area contributed by atoms with Gasteiger partial charge in [-0.2, -0.15) is 0 Å². The van der Waals surface area contributed by atoms with Crippen LogP contribution in [-0.4, -0.2) is 142 Å². The normalized spacial score (nSPS) is 31.1. The summed E-state index contributed by atoms with van der Waals surface area (Å²) in [4.78, 5) is 12.5. The number of phenolic OH excluding ortho intramolecular Hbond substituents is 2. The molecule has 2 heterocycles. The van der Waals surface area contributed by atoms with Crippen LogP contribution in [0.4, 0.5) is 0 Å². The van der Waals surface area contributed by atoms with Crippen LogP contribution >= 0.6 is 0 Å². The Labute approximate surface area is 269 Å². The highest BCUT2D eigenvalue weighted by molar-refractivity contribution is 5.87. The number of aliphatic hydroxyl groups is 6. The average molecular weight is 669 g/mol. The van der Waals surface area contributed by atoms with Gasteiger partial charge in [0.1, 0.15) is 55.4 Å². The summed E-state index contributed by atoms with van der Waals surface area (Å²) in [6, 6.07) is 9.19. The fourth-order valence-electron chi connectivity index (χ4n) is 5.04. The molecule has 2 aliphatic rings. The molecule has 10 atom stereocenters. The maximum atomic E-state index is 12.5. The number of esters is 1. The molecule has 0 saturated carbocycles. The summed E-state index contributed by atoms with van der Waals surface area (Å²) in [6.45, 7) is -1.34. The molecule has 0 amide bonds. The highest BCUT2D eigenvalue weighted by Crippen LogP contribution is 2.31. The van der Waals surface area contributed by atoms with E-state index < -0.39 is 80.6 Å². The molecule has 0 radical (unpaired) electrons. The van der Waals surface area contributed by atoms with Crippen LogP contribution in [0.25, 0.3) is 6.08 Å². The molecule has 47 heavy (non-hydrogen) atoms. The molecular formula is C31H40O16. The monoisotopic (exact) mass is 668 g/mol. The highest BCUT2D eigenvalue weighted by atomic mass is 16.7. The molecule has 0 aliphatic carbocycles. The second kappa shape index (κ2) is 16.5. The van der Waals surface area contributed by atoms with Crippen molar-refractivity contribution < 1.29 is 78.8 Å². The van der Waals surface area contributed by atoms with Crippen molar-refractivity contribution in [2.24, 2.45) is 0 Å². The molecule has 0 unspecified atom stereocenters. The number of hydrogen-bond acceptors (Lipinski definition) is 16. The third kappa shape index (κ3) is 8.88. The third-order valence-electron chi connectivity index (χ3n) is 7.70. The minimum absolute atomic E-state index is 0.0552. The average Bonchev–Trinajstić information content (AvgIpc) is 3.06. The summed E-state index contributed by atoms with van der Waals surface area (Å²) < 4.78 is 37.8. The second-order valence-corrected chi connectivity index (χ2v) is 10.8. The first-order valence-corrected chi connectivity index (χ1v) is 14.6. The highest BCUT2D eigenvalue weighted by Gasteiger charge is 2.51. The third-order valence-corrected chi connectivity index (χ3v) is 7.70. The molecule has 2 fully saturated rings. The minimum Gasteiger partial charge on any atom is -0.504 e. The van der Waals surface area contributed by atoms with Gasteiger partial charge in [-0.25, -0.2) is 4.79 Å². The number of benzene rings is 2. The summed E-state index contributed by atoms with van der Waals surface area (Å²) in [5.41, 5.74) is 1.12. The summed E-state index contributed by atoms with van der Waals surface area (Å²) in [7, 11) is 2.80. The van der Waals surface area contributed by atoms with Gasteiger partial charge < -0.3 is 74.0 Å². The van der Waals surface area contributed by atoms with Gasteiger partial charge in [0.05, 0.1) is 27.4 Å². The molecule has 0 spiro atoms. The maximum absolute atomic E-state index is 12.5. The Morgan fingerprint density at radius 2 is 1.47 bits per heavy atom. The molecule has 0 aromatic heterocycles. The van der Waals surface area contributed by atoms with Crippen LogP contribution in [0.2, 0.25) is 0 Å². The van der Waals surface area contributed by atoms with E-state index in [0.717, 1.165) is 6.08 Å². The number of rotatable bonds is 13. The van der Waals surface area contributed by atoms with E-state index in [1.54, 1.807) is 18.2 Å². The first kappa shape index (κ1) is 36.3. The van der Waals surface area contributed by atoms with Crippen LogP contribution in [0, 0.1) is 0 Å². The minimum atomic E-state index is -1.84. The van der Waals surface area contributed by atoms with Crippen molar-refractivity contribution in [1.29, 1.82) is 0 Å². The van der Waals surface area contributed by atoms with Gasteiger partial charge in [-0.3, -0.25) is 0 Å². The number of ether oxygens (including phenoxy) is 7. The number of phenols is 2. The van der Waals surface area contributed by atoms with E-state index in [-0.39, 0.29) is 36.0 Å². The lowest BCUT2D eigenvalue weighted by molar-refractivity contribution is -0.360. The molecule has 4 rings (SSSR count). The molecule has 2 aliphatic heterocycles. The number of methoxy groups -OCH3 is 2. The molecule has 0 bridgehead atoms. The molecular weight excluding hydrogens is 628 g/mol. The Morgan fingerprint density at radius 3 is 2.11 bits per heavy atom. The Balaban J connectivity index is 1.45. The number of aromatic hydroxyl groups is 2. The smallest absolute Gasteiger partial charge is 0.330 e. The molecule has 8 N–H and O–H groups in total. The van der Waals surface area contributed by atoms with Crippen LogP contribution in [0.1, 0.15) is 11.1 Å². The van der Waals surface area contributed by atoms with Crippen molar-refractivity contribution in [2.75, 3.05) is 34.0 Å². The zero-order valence-corrected chi connectivity index (χ0v) is 25.6. The van der Waals surface area contributed by atoms with E-state index in [9.17, 15) is 45.6 Å². The fraction of sp³-hybridized carbons (Fsp3) is 0.516. The SMILES string of the molecule is COc1ccc(/C=C/C(=O)OC[C@H]2O[C@@H](OCCc3ccc(OC)c(O)c3)[C@@H](O)[C@@H](O[C@@H]3O[C@H](CO)[C@@H](O)[C@H](O)[C@@H]3O)[C@@H]2O)cc1O. The van der Waals surface area contributed by atoms with E-state index in [4.69, 9.17) is 33.2 Å². The van der Waals surface area contributed by atoms with Crippen molar-refractivity contribution >= 4 is 12.0 Å². The van der Waals surface area contributed by atoms with E-state index in [2.05, 4.69) is 0 Å². The summed E-state index contributed by atoms with van der Waals surface area (Å²) in [5, 5.41) is 82.4. The van der Waals surface area contributed by atoms with Crippen LogP contribution < -0.4 is 9.47 Å². The lowest BCUT2D eigenvalue weighted by Crippen LogP contribution is -2.65. The van der Waals surface area contributed by atoms with Gasteiger partial charge in [0.2, 0.25) is 0 Å². The number of carbonyl (C=O) groups is 1. The van der Waals surface area contributed by atoms with Crippen molar-refractivity contribution in [3.8, 4) is 23.0 Å². The number of carbonyl (C=O) groups excluding carboxylic acids is 1. The summed E-state index contributed by atoms with van der Waals surface area (Å²) in [6.07, 6.45) is -13.5. The van der Waals surface area contributed by atoms with Crippen molar-refractivity contribution in [2.45, 2.75) is 67.8 Å². The summed E-state index contributed by atoms with van der Waals surface area (Å²) >= 11 is 0. The second-order valence-electron chi connectivity index (χ2n) is 10.8. The predicted molar refractivity (Wildman–Crippen MR) is 158 cm³/mol. The molecule has 2 aromatic rings. The van der Waals surface area contributed by atoms with E-state index in [0.29, 0.717) is 11.1 Å². The first-order valence-electron chi connectivity index (χ1n) is 14.6. The fourth-order valence-corrected chi connectivity index (χ4v) is 5.04. The van der Waals surface area contributed by atoms with Gasteiger partial charge in [-0.1, -0.05) is 12.1 Å². The van der Waals surface area contributed by atoms with E-state index in [1.807, 2.05) is 0 Å². The molecule has 2 aromatic carbocycles. The Bertz CT molecular complexity index is 1350. The number of hydrogen-bond donors (Lipinski definition) is 8. The molecule has 2 saturated heterocycles. The quantitative estimate of drug-likeness (QED) is 0.0900. The number of aliphatic hydroxyl groups excluding tert-OH is 6. The summed E-state index contributed by atoms with van der Waals surface area (Å²) in [5.74, 6) is -0.548. The van der Waals surface area contributed by atoms with Gasteiger partial charge in [0.15, 0.2) is 35.6 Å². The van der Waals surface area contributed by atoms with Gasteiger partial charge >= 0.3 is 5.97 Å². The van der Waals surface area contributed by atoms with Gasteiger partial charge in [-0.05, 0) is 47.9 Å². The van der Waals surface area contributed by atoms with E-state index >= 15 is 0 Å². The zero-order valence-electron chi connectivity index (χ0n) is 25.6. The van der Waals surface area contributed by atoms with Crippen molar-refractivity contribution in [3.63, 3.8) is 0 Å². The lowest BCUT2D eigenvalue weighted by atomic mass is 9.97. The predicted octanol–water partition coefficient (Wildman–Crippen LogP) is -1.44. The topological polar surface area (TPSA) is 244 Å². The lowest BCUT2D eigenvalue weighted by Gasteiger charge is -2.46. The van der Waals surface area contributed by atoms with Crippen molar-refractivity contribution in [1.82, 2.24) is 0 Å². The van der Waals surface area contributed by atoms with E-state index in [1.165, 1.54) is 38.5 Å². The van der Waals surface area contributed by atoms with Crippen LogP contribution in [0.3, 0.4) is 0 Å². The first-order chi connectivity index (χ1) is 22.5. The van der Waals surface area contributed by atoms with Gasteiger partial charge in [0, 0.05) is 6.08 Å². The van der Waals surface area contributed by atoms with Gasteiger partial charge in [0.25, 0.3) is 0 Å². The standard InChI is InChI=1S/C31H40O16/c1-41-19-6-3-15(11-17(19)33)5-8-23(35)44-14-22-25(37)29(47-31-27(39)26(38)24(36)21(13-32)45-31)28(40)30(46-22)43-10-9-16-4-7-20(42-2)18(34)12-16/h3-8,11-12,21-22,24-34,36-40H,9-10,13-14H2,1-2H3/b8-5+/t21-,22-,24-,25-,26+,27+,28+,29+,30-,31+/m1/s1. The maximum Gasteiger partial charge on any atom is 0.330 e. The molecule has 16 heteroatoms. The zero-order chi connectivity index (χ0) is 34.2. The molecule has 16 nitrogen and oxygen atoms in total. The Kier molecular flexibility index (Phi) is 12.8. The molecule has 260 valence electrons. The van der Waals surface area contributed by atoms with Crippen LogP contribution in [0.5, 0.6) is 23.0 Å².